The monoisotopic (exact) mass is 354 g/mol. The van der Waals surface area contributed by atoms with Gasteiger partial charge in [-0.15, -0.1) is 6.42 Å². The third-order valence-electron chi connectivity index (χ3n) is 7.99. The minimum absolute atomic E-state index is 0.0884. The number of carbonyl (C=O) groups excluding carboxylic acids is 1. The highest BCUT2D eigenvalue weighted by atomic mass is 16.6. The second-order valence-electron chi connectivity index (χ2n) is 8.86. The maximum Gasteiger partial charge on any atom is 0.304 e. The number of fused-ring (bicyclic) bond motifs is 4. The zero-order valence-electron chi connectivity index (χ0n) is 16.3. The first-order chi connectivity index (χ1) is 12.4. The van der Waals surface area contributed by atoms with Crippen LogP contribution in [0.1, 0.15) is 65.2 Å². The van der Waals surface area contributed by atoms with Gasteiger partial charge in [0.25, 0.3) is 0 Å². The molecule has 0 aliphatic heterocycles. The van der Waals surface area contributed by atoms with Crippen LogP contribution >= 0.6 is 0 Å². The number of ether oxygens (including phenoxy) is 2. The molecule has 0 aromatic carbocycles. The molecule has 0 bridgehead atoms. The molecule has 0 amide bonds. The van der Waals surface area contributed by atoms with Gasteiger partial charge in [0.2, 0.25) is 0 Å². The molecule has 0 radical (unpaired) electrons. The van der Waals surface area contributed by atoms with Crippen LogP contribution in [0.3, 0.4) is 0 Å². The summed E-state index contributed by atoms with van der Waals surface area (Å²) in [6.45, 7) is 3.78. The van der Waals surface area contributed by atoms with Crippen LogP contribution in [0.5, 0.6) is 0 Å². The van der Waals surface area contributed by atoms with Crippen molar-refractivity contribution in [3.8, 4) is 12.3 Å². The molecule has 0 heterocycles. The Labute approximate surface area is 157 Å². The van der Waals surface area contributed by atoms with E-state index >= 15 is 0 Å². The van der Waals surface area contributed by atoms with Crippen LogP contribution in [0.15, 0.2) is 23.0 Å². The van der Waals surface area contributed by atoms with Gasteiger partial charge in [-0.05, 0) is 68.8 Å². The van der Waals surface area contributed by atoms with Crippen LogP contribution in [-0.2, 0) is 14.3 Å². The Hall–Kier alpha value is -1.69. The standard InChI is InChI=1S/C23H30O3/c1-5-23(26-15(2)24)13-11-21-20-8-6-16-14-17(25-4)7-9-18(16)19(20)10-12-22(21,23)3/h1,7,19-21H,6,8-14H2,2-4H3/t19-,20-,21+,22+,23+/m1/s1. The van der Waals surface area contributed by atoms with Crippen LogP contribution < -0.4 is 0 Å². The Morgan fingerprint density at radius 2 is 2.12 bits per heavy atom. The SMILES string of the molecule is C#C[C@]1(OC(C)=O)CC[C@H]2[C@@H]3CCC4=C(CC=C(OC)C4)[C@H]3CC[C@@]21C. The molecule has 3 heteroatoms. The first kappa shape index (κ1) is 17.7. The van der Waals surface area contributed by atoms with Crippen molar-refractivity contribution < 1.29 is 14.3 Å². The molecule has 26 heavy (non-hydrogen) atoms. The highest BCUT2D eigenvalue weighted by Crippen LogP contribution is 2.65. The van der Waals surface area contributed by atoms with Gasteiger partial charge in [0.15, 0.2) is 5.60 Å². The fraction of sp³-hybridized carbons (Fsp3) is 0.696. The lowest BCUT2D eigenvalue weighted by molar-refractivity contribution is -0.166. The number of hydrogen-bond donors (Lipinski definition) is 0. The van der Waals surface area contributed by atoms with Crippen molar-refractivity contribution in [1.29, 1.82) is 0 Å². The van der Waals surface area contributed by atoms with Crippen molar-refractivity contribution in [3.63, 3.8) is 0 Å². The van der Waals surface area contributed by atoms with Crippen molar-refractivity contribution in [2.45, 2.75) is 70.8 Å². The second kappa shape index (κ2) is 6.19. The highest BCUT2D eigenvalue weighted by Gasteiger charge is 2.63. The summed E-state index contributed by atoms with van der Waals surface area (Å²) in [7, 11) is 1.78. The summed E-state index contributed by atoms with van der Waals surface area (Å²) < 4.78 is 11.3. The van der Waals surface area contributed by atoms with Gasteiger partial charge in [-0.3, -0.25) is 4.79 Å². The predicted octanol–water partition coefficient (Wildman–Crippen LogP) is 4.78. The Kier molecular flexibility index (Phi) is 4.21. The number of hydrogen-bond acceptors (Lipinski definition) is 3. The van der Waals surface area contributed by atoms with Gasteiger partial charge >= 0.3 is 5.97 Å². The van der Waals surface area contributed by atoms with E-state index in [0.29, 0.717) is 17.8 Å². The summed E-state index contributed by atoms with van der Waals surface area (Å²) in [5, 5.41) is 0. The van der Waals surface area contributed by atoms with Crippen LogP contribution in [0, 0.1) is 35.5 Å². The molecule has 2 saturated carbocycles. The maximum atomic E-state index is 11.8. The van der Waals surface area contributed by atoms with Gasteiger partial charge < -0.3 is 9.47 Å². The number of allylic oxidation sites excluding steroid dienone is 3. The smallest absolute Gasteiger partial charge is 0.304 e. The molecule has 5 atom stereocenters. The fourth-order valence-electron chi connectivity index (χ4n) is 6.72. The number of rotatable bonds is 2. The molecule has 4 aliphatic carbocycles. The molecule has 0 spiro atoms. The molecule has 2 fully saturated rings. The molecule has 0 N–H and O–H groups in total. The lowest BCUT2D eigenvalue weighted by Gasteiger charge is -2.53. The normalized spacial score (nSPS) is 41.3. The van der Waals surface area contributed by atoms with Crippen LogP contribution in [-0.4, -0.2) is 18.7 Å². The molecule has 0 aromatic rings. The van der Waals surface area contributed by atoms with Crippen molar-refractivity contribution in [2.24, 2.45) is 23.2 Å². The van der Waals surface area contributed by atoms with E-state index in [-0.39, 0.29) is 11.4 Å². The Bertz CT molecular complexity index is 724. The molecule has 4 rings (SSSR count). The third kappa shape index (κ3) is 2.38. The van der Waals surface area contributed by atoms with E-state index in [1.807, 2.05) is 0 Å². The number of esters is 1. The topological polar surface area (TPSA) is 35.5 Å². The first-order valence-corrected chi connectivity index (χ1v) is 10.1. The first-order valence-electron chi connectivity index (χ1n) is 10.1. The average molecular weight is 354 g/mol. The Balaban J connectivity index is 1.62. The summed E-state index contributed by atoms with van der Waals surface area (Å²) in [6.07, 6.45) is 16.8. The lowest BCUT2D eigenvalue weighted by atomic mass is 9.52. The van der Waals surface area contributed by atoms with E-state index < -0.39 is 5.60 Å². The molecule has 4 aliphatic rings. The van der Waals surface area contributed by atoms with Crippen molar-refractivity contribution >= 4 is 5.97 Å². The van der Waals surface area contributed by atoms with Gasteiger partial charge in [0.1, 0.15) is 0 Å². The Morgan fingerprint density at radius 3 is 2.81 bits per heavy atom. The molecular formula is C23H30O3. The van der Waals surface area contributed by atoms with E-state index in [0.717, 1.165) is 44.3 Å². The molecule has 0 unspecified atom stereocenters. The van der Waals surface area contributed by atoms with Crippen molar-refractivity contribution in [2.75, 3.05) is 7.11 Å². The van der Waals surface area contributed by atoms with Crippen molar-refractivity contribution in [3.05, 3.63) is 23.0 Å². The van der Waals surface area contributed by atoms with Gasteiger partial charge in [0, 0.05) is 18.8 Å². The lowest BCUT2D eigenvalue weighted by Crippen LogP contribution is -2.52. The van der Waals surface area contributed by atoms with Crippen LogP contribution in [0.4, 0.5) is 0 Å². The quantitative estimate of drug-likeness (QED) is 0.407. The molecule has 140 valence electrons. The summed E-state index contributed by atoms with van der Waals surface area (Å²) >= 11 is 0. The van der Waals surface area contributed by atoms with Gasteiger partial charge in [-0.2, -0.15) is 0 Å². The van der Waals surface area contributed by atoms with Crippen molar-refractivity contribution in [1.82, 2.24) is 0 Å². The summed E-state index contributed by atoms with van der Waals surface area (Å²) in [5.74, 6) is 5.73. The zero-order valence-corrected chi connectivity index (χ0v) is 16.3. The second-order valence-corrected chi connectivity index (χ2v) is 8.86. The third-order valence-corrected chi connectivity index (χ3v) is 7.99. The van der Waals surface area contributed by atoms with E-state index in [4.69, 9.17) is 15.9 Å². The Morgan fingerprint density at radius 1 is 1.31 bits per heavy atom. The summed E-state index contributed by atoms with van der Waals surface area (Å²) in [6, 6.07) is 0. The van der Waals surface area contributed by atoms with E-state index in [9.17, 15) is 4.79 Å². The zero-order chi connectivity index (χ0) is 18.5. The number of methoxy groups -OCH3 is 1. The summed E-state index contributed by atoms with van der Waals surface area (Å²) in [5.41, 5.74) is 2.50. The van der Waals surface area contributed by atoms with Crippen LogP contribution in [0.2, 0.25) is 0 Å². The van der Waals surface area contributed by atoms with Gasteiger partial charge in [-0.25, -0.2) is 0 Å². The van der Waals surface area contributed by atoms with Gasteiger partial charge in [-0.1, -0.05) is 24.0 Å². The van der Waals surface area contributed by atoms with E-state index in [1.54, 1.807) is 18.3 Å². The minimum atomic E-state index is -0.710. The molecule has 3 nitrogen and oxygen atoms in total. The summed E-state index contributed by atoms with van der Waals surface area (Å²) in [4.78, 5) is 11.8. The minimum Gasteiger partial charge on any atom is -0.501 e. The fourth-order valence-corrected chi connectivity index (χ4v) is 6.72. The number of terminal acetylenes is 1. The average Bonchev–Trinajstić information content (AvgIpc) is 2.93. The number of carbonyl (C=O) groups is 1. The molecule has 0 saturated heterocycles. The largest absolute Gasteiger partial charge is 0.501 e. The van der Waals surface area contributed by atoms with E-state index in [1.165, 1.54) is 19.8 Å². The molecule has 0 aromatic heterocycles. The van der Waals surface area contributed by atoms with E-state index in [2.05, 4.69) is 18.9 Å². The highest BCUT2D eigenvalue weighted by molar-refractivity contribution is 5.67. The maximum absolute atomic E-state index is 11.8. The van der Waals surface area contributed by atoms with Crippen LogP contribution in [0.25, 0.3) is 0 Å². The predicted molar refractivity (Wildman–Crippen MR) is 101 cm³/mol. The molecular weight excluding hydrogens is 324 g/mol. The van der Waals surface area contributed by atoms with Gasteiger partial charge in [0.05, 0.1) is 12.9 Å².